The van der Waals surface area contributed by atoms with Crippen LogP contribution in [0.15, 0.2) is 72.8 Å². The molecular formula is C23H19ClN2O4. The summed E-state index contributed by atoms with van der Waals surface area (Å²) in [4.78, 5) is 27.3. The van der Waals surface area contributed by atoms with Crippen molar-refractivity contribution in [2.24, 2.45) is 0 Å². The number of fused-ring (bicyclic) bond motifs is 1. The Morgan fingerprint density at radius 1 is 1.10 bits per heavy atom. The van der Waals surface area contributed by atoms with E-state index < -0.39 is 17.4 Å². The number of aliphatic hydroxyl groups is 1. The number of nitrogens with zero attached hydrogens (tertiary/aromatic N) is 1. The van der Waals surface area contributed by atoms with Crippen molar-refractivity contribution in [1.29, 1.82) is 0 Å². The van der Waals surface area contributed by atoms with Crippen molar-refractivity contribution >= 4 is 34.8 Å². The van der Waals surface area contributed by atoms with Crippen LogP contribution in [-0.4, -0.2) is 30.6 Å². The number of ether oxygens (including phenoxy) is 1. The monoisotopic (exact) mass is 422 g/mol. The zero-order valence-corrected chi connectivity index (χ0v) is 16.9. The first-order valence-corrected chi connectivity index (χ1v) is 9.65. The van der Waals surface area contributed by atoms with Crippen molar-refractivity contribution in [3.63, 3.8) is 0 Å². The number of halogens is 1. The first-order chi connectivity index (χ1) is 14.4. The average Bonchev–Trinajstić information content (AvgIpc) is 2.97. The molecule has 0 bridgehead atoms. The minimum Gasteiger partial charge on any atom is -0.495 e. The Labute approximate surface area is 178 Å². The van der Waals surface area contributed by atoms with Gasteiger partial charge in [-0.1, -0.05) is 54.1 Å². The smallest absolute Gasteiger partial charge is 0.268 e. The Morgan fingerprint density at radius 3 is 2.60 bits per heavy atom. The maximum atomic E-state index is 13.3. The van der Waals surface area contributed by atoms with Gasteiger partial charge in [-0.3, -0.25) is 14.5 Å². The molecule has 0 aliphatic carbocycles. The predicted octanol–water partition coefficient (Wildman–Crippen LogP) is 3.57. The van der Waals surface area contributed by atoms with Gasteiger partial charge in [0.1, 0.15) is 12.3 Å². The maximum absolute atomic E-state index is 13.3. The Bertz CT molecular complexity index is 1130. The lowest BCUT2D eigenvalue weighted by molar-refractivity contribution is -0.133. The molecule has 0 saturated heterocycles. The summed E-state index contributed by atoms with van der Waals surface area (Å²) in [5.41, 5.74) is -0.204. The van der Waals surface area contributed by atoms with Gasteiger partial charge < -0.3 is 15.2 Å². The second-order valence-electron chi connectivity index (χ2n) is 6.88. The number of hydrogen-bond donors (Lipinski definition) is 2. The molecule has 3 aromatic carbocycles. The van der Waals surface area contributed by atoms with Gasteiger partial charge in [0.05, 0.1) is 18.5 Å². The maximum Gasteiger partial charge on any atom is 0.268 e. The fraction of sp³-hybridized carbons (Fsp3) is 0.130. The number of para-hydroxylation sites is 3. The number of benzene rings is 3. The number of carbonyl (C=O) groups excluding carboxylic acids is 2. The molecule has 152 valence electrons. The van der Waals surface area contributed by atoms with Crippen LogP contribution in [-0.2, 0) is 15.2 Å². The molecular weight excluding hydrogens is 404 g/mol. The van der Waals surface area contributed by atoms with Crippen LogP contribution in [0, 0.1) is 0 Å². The van der Waals surface area contributed by atoms with E-state index in [-0.39, 0.29) is 6.54 Å². The normalized spacial score (nSPS) is 17.6. The van der Waals surface area contributed by atoms with Gasteiger partial charge in [0.25, 0.3) is 5.91 Å². The average molecular weight is 423 g/mol. The second-order valence-corrected chi connectivity index (χ2v) is 7.31. The van der Waals surface area contributed by atoms with E-state index >= 15 is 0 Å². The molecule has 0 unspecified atom stereocenters. The lowest BCUT2D eigenvalue weighted by atomic mass is 9.87. The number of methoxy groups -OCH3 is 1. The molecule has 3 aromatic rings. The second kappa shape index (κ2) is 7.82. The van der Waals surface area contributed by atoms with Crippen LogP contribution in [0.2, 0.25) is 5.02 Å². The van der Waals surface area contributed by atoms with Gasteiger partial charge in [0, 0.05) is 10.6 Å². The van der Waals surface area contributed by atoms with Crippen molar-refractivity contribution in [3.8, 4) is 5.75 Å². The molecule has 1 heterocycles. The molecule has 6 nitrogen and oxygen atoms in total. The molecule has 1 atom stereocenters. The third kappa shape index (κ3) is 3.30. The van der Waals surface area contributed by atoms with Gasteiger partial charge in [-0.25, -0.2) is 0 Å². The molecule has 7 heteroatoms. The van der Waals surface area contributed by atoms with Crippen molar-refractivity contribution in [2.75, 3.05) is 23.9 Å². The number of hydrogen-bond acceptors (Lipinski definition) is 4. The van der Waals surface area contributed by atoms with Crippen LogP contribution in [0.4, 0.5) is 11.4 Å². The zero-order valence-electron chi connectivity index (χ0n) is 16.1. The molecule has 4 rings (SSSR count). The number of carbonyl (C=O) groups is 2. The third-order valence-corrected chi connectivity index (χ3v) is 5.30. The van der Waals surface area contributed by atoms with E-state index in [2.05, 4.69) is 5.32 Å². The van der Waals surface area contributed by atoms with E-state index in [1.165, 1.54) is 12.0 Å². The third-order valence-electron chi connectivity index (χ3n) is 5.06. The molecule has 2 N–H and O–H groups in total. The fourth-order valence-corrected chi connectivity index (χ4v) is 3.86. The van der Waals surface area contributed by atoms with Gasteiger partial charge >= 0.3 is 0 Å². The van der Waals surface area contributed by atoms with Crippen LogP contribution in [0.3, 0.4) is 0 Å². The van der Waals surface area contributed by atoms with Crippen LogP contribution < -0.4 is 15.0 Å². The molecule has 1 aliphatic rings. The first kappa shape index (κ1) is 19.9. The quantitative estimate of drug-likeness (QED) is 0.658. The van der Waals surface area contributed by atoms with Gasteiger partial charge in [-0.2, -0.15) is 0 Å². The minimum atomic E-state index is -1.92. The molecule has 0 saturated carbocycles. The summed E-state index contributed by atoms with van der Waals surface area (Å²) in [7, 11) is 1.51. The standard InChI is InChI=1S/C23H19ClN2O4/c1-30-20-12-5-3-10-18(20)25-21(27)14-26-19-11-4-2-9-17(19)23(29,22(26)28)15-7-6-8-16(24)13-15/h2-13,29H,14H2,1H3,(H,25,27)/t23-/m1/s1. The lowest BCUT2D eigenvalue weighted by Gasteiger charge is -2.23. The summed E-state index contributed by atoms with van der Waals surface area (Å²) in [5.74, 6) is -0.520. The van der Waals surface area contributed by atoms with Gasteiger partial charge in [-0.15, -0.1) is 0 Å². The van der Waals surface area contributed by atoms with E-state index in [1.807, 2.05) is 0 Å². The van der Waals surface area contributed by atoms with Gasteiger partial charge in [-0.05, 0) is 35.9 Å². The number of nitrogens with one attached hydrogen (secondary N) is 1. The summed E-state index contributed by atoms with van der Waals surface area (Å²) < 4.78 is 5.25. The van der Waals surface area contributed by atoms with E-state index in [1.54, 1.807) is 72.8 Å². The summed E-state index contributed by atoms with van der Waals surface area (Å²) in [5, 5.41) is 14.6. The van der Waals surface area contributed by atoms with E-state index in [0.29, 0.717) is 33.3 Å². The van der Waals surface area contributed by atoms with Gasteiger partial charge in [0.15, 0.2) is 5.60 Å². The van der Waals surface area contributed by atoms with E-state index in [4.69, 9.17) is 16.3 Å². The lowest BCUT2D eigenvalue weighted by Crippen LogP contribution is -2.44. The van der Waals surface area contributed by atoms with Crippen molar-refractivity contribution in [3.05, 3.63) is 88.9 Å². The SMILES string of the molecule is COc1ccccc1NC(=O)CN1C(=O)[C@@](O)(c2cccc(Cl)c2)c2ccccc21. The molecule has 0 aromatic heterocycles. The highest BCUT2D eigenvalue weighted by atomic mass is 35.5. The summed E-state index contributed by atoms with van der Waals surface area (Å²) in [6.07, 6.45) is 0. The highest BCUT2D eigenvalue weighted by Gasteiger charge is 2.51. The molecule has 30 heavy (non-hydrogen) atoms. The Balaban J connectivity index is 1.66. The van der Waals surface area contributed by atoms with Crippen molar-refractivity contribution < 1.29 is 19.4 Å². The fourth-order valence-electron chi connectivity index (χ4n) is 3.67. The van der Waals surface area contributed by atoms with E-state index in [9.17, 15) is 14.7 Å². The van der Waals surface area contributed by atoms with Crippen LogP contribution in [0.5, 0.6) is 5.75 Å². The van der Waals surface area contributed by atoms with Crippen LogP contribution in [0.25, 0.3) is 0 Å². The molecule has 2 amide bonds. The highest BCUT2D eigenvalue weighted by molar-refractivity contribution is 6.30. The summed E-state index contributed by atoms with van der Waals surface area (Å²) >= 11 is 6.09. The van der Waals surface area contributed by atoms with Gasteiger partial charge in [0.2, 0.25) is 5.91 Å². The molecule has 0 fully saturated rings. The summed E-state index contributed by atoms with van der Waals surface area (Å²) in [6.45, 7) is -0.267. The first-order valence-electron chi connectivity index (χ1n) is 9.28. The number of rotatable bonds is 5. The van der Waals surface area contributed by atoms with Crippen molar-refractivity contribution in [2.45, 2.75) is 5.60 Å². The Morgan fingerprint density at radius 2 is 1.83 bits per heavy atom. The van der Waals surface area contributed by atoms with Crippen LogP contribution in [0.1, 0.15) is 11.1 Å². The number of anilines is 2. The van der Waals surface area contributed by atoms with Crippen LogP contribution >= 0.6 is 11.6 Å². The molecule has 0 radical (unpaired) electrons. The minimum absolute atomic E-state index is 0.267. The van der Waals surface area contributed by atoms with E-state index in [0.717, 1.165) is 0 Å². The zero-order chi connectivity index (χ0) is 21.3. The predicted molar refractivity (Wildman–Crippen MR) is 115 cm³/mol. The Hall–Kier alpha value is -3.35. The summed E-state index contributed by atoms with van der Waals surface area (Å²) in [6, 6.07) is 20.4. The highest BCUT2D eigenvalue weighted by Crippen LogP contribution is 2.44. The molecule has 1 aliphatic heterocycles. The molecule has 0 spiro atoms. The topological polar surface area (TPSA) is 78.9 Å². The van der Waals surface area contributed by atoms with Crippen molar-refractivity contribution in [1.82, 2.24) is 0 Å². The number of amides is 2. The Kier molecular flexibility index (Phi) is 5.20. The largest absolute Gasteiger partial charge is 0.495 e.